The van der Waals surface area contributed by atoms with Gasteiger partial charge in [0.05, 0.1) is 7.11 Å². The minimum atomic E-state index is 0.485. The van der Waals surface area contributed by atoms with E-state index in [1.54, 1.807) is 7.11 Å². The van der Waals surface area contributed by atoms with E-state index < -0.39 is 0 Å². The smallest absolute Gasteiger partial charge is 0.119 e. The van der Waals surface area contributed by atoms with Crippen molar-refractivity contribution in [2.75, 3.05) is 26.7 Å². The summed E-state index contributed by atoms with van der Waals surface area (Å²) in [7, 11) is 1.73. The van der Waals surface area contributed by atoms with Crippen molar-refractivity contribution in [2.45, 2.75) is 31.3 Å². The molecule has 1 saturated heterocycles. The Bertz CT molecular complexity index is 1160. The molecule has 2 atom stereocenters. The lowest BCUT2D eigenvalue weighted by Gasteiger charge is -2.39. The minimum absolute atomic E-state index is 0.485. The van der Waals surface area contributed by atoms with Crippen LogP contribution in [0.3, 0.4) is 0 Å². The summed E-state index contributed by atoms with van der Waals surface area (Å²) in [5, 5.41) is 5.17. The number of nitrogens with zero attached hydrogens (tertiary/aromatic N) is 1. The summed E-state index contributed by atoms with van der Waals surface area (Å²) in [4.78, 5) is 6.01. The molecule has 5 rings (SSSR count). The zero-order valence-corrected chi connectivity index (χ0v) is 19.3. The summed E-state index contributed by atoms with van der Waals surface area (Å²) < 4.78 is 5.43. The van der Waals surface area contributed by atoms with Crippen LogP contribution in [0.25, 0.3) is 10.9 Å². The molecule has 170 valence electrons. The van der Waals surface area contributed by atoms with Crippen LogP contribution >= 0.6 is 0 Å². The summed E-state index contributed by atoms with van der Waals surface area (Å²) in [5.41, 5.74) is 5.34. The Morgan fingerprint density at radius 1 is 1.00 bits per heavy atom. The Morgan fingerprint density at radius 3 is 2.58 bits per heavy atom. The van der Waals surface area contributed by atoms with E-state index in [2.05, 4.69) is 94.2 Å². The van der Waals surface area contributed by atoms with Gasteiger partial charge in [-0.25, -0.2) is 0 Å². The molecule has 33 heavy (non-hydrogen) atoms. The number of fused-ring (bicyclic) bond motifs is 1. The molecule has 0 bridgehead atoms. The van der Waals surface area contributed by atoms with E-state index in [4.69, 9.17) is 4.74 Å². The number of benzene rings is 3. The third kappa shape index (κ3) is 5.13. The molecule has 1 aliphatic rings. The first-order valence-electron chi connectivity index (χ1n) is 12.0. The van der Waals surface area contributed by atoms with Gasteiger partial charge in [-0.15, -0.1) is 0 Å². The van der Waals surface area contributed by atoms with E-state index in [0.717, 1.165) is 44.8 Å². The van der Waals surface area contributed by atoms with Crippen molar-refractivity contribution in [1.29, 1.82) is 0 Å². The van der Waals surface area contributed by atoms with Crippen molar-refractivity contribution in [3.8, 4) is 5.75 Å². The fraction of sp³-hybridized carbons (Fsp3) is 0.310. The highest BCUT2D eigenvalue weighted by atomic mass is 16.5. The van der Waals surface area contributed by atoms with Crippen molar-refractivity contribution in [3.63, 3.8) is 0 Å². The molecule has 3 aromatic carbocycles. The number of hydrogen-bond donors (Lipinski definition) is 2. The molecule has 1 aliphatic heterocycles. The number of hydrogen-bond acceptors (Lipinski definition) is 3. The molecule has 1 fully saturated rings. The Labute approximate surface area is 196 Å². The molecule has 4 aromatic rings. The third-order valence-electron chi connectivity index (χ3n) is 6.95. The van der Waals surface area contributed by atoms with Gasteiger partial charge in [0.25, 0.3) is 0 Å². The van der Waals surface area contributed by atoms with Gasteiger partial charge in [-0.1, -0.05) is 60.7 Å². The highest BCUT2D eigenvalue weighted by Crippen LogP contribution is 2.29. The topological polar surface area (TPSA) is 40.3 Å². The summed E-state index contributed by atoms with van der Waals surface area (Å²) >= 11 is 0. The molecule has 2 N–H and O–H groups in total. The molecule has 0 saturated carbocycles. The zero-order chi connectivity index (χ0) is 22.5. The van der Waals surface area contributed by atoms with Gasteiger partial charge in [0.15, 0.2) is 0 Å². The minimum Gasteiger partial charge on any atom is -0.497 e. The summed E-state index contributed by atoms with van der Waals surface area (Å²) in [5.74, 6) is 1.40. The van der Waals surface area contributed by atoms with Crippen molar-refractivity contribution < 1.29 is 4.74 Å². The van der Waals surface area contributed by atoms with Gasteiger partial charge in [-0.3, -0.25) is 4.90 Å². The normalized spacial score (nSPS) is 19.1. The molecular formula is C29H33N3O. The quantitative estimate of drug-likeness (QED) is 0.388. The molecular weight excluding hydrogens is 406 g/mol. The van der Waals surface area contributed by atoms with Crippen LogP contribution in [0.15, 0.2) is 85.1 Å². The van der Waals surface area contributed by atoms with E-state index in [-0.39, 0.29) is 0 Å². The van der Waals surface area contributed by atoms with Crippen LogP contribution in [0.4, 0.5) is 0 Å². The van der Waals surface area contributed by atoms with Crippen LogP contribution in [0.1, 0.15) is 29.0 Å². The van der Waals surface area contributed by atoms with E-state index in [0.29, 0.717) is 12.0 Å². The first-order chi connectivity index (χ1) is 16.3. The van der Waals surface area contributed by atoms with E-state index >= 15 is 0 Å². The SMILES string of the molecule is COc1ccc2[nH]cc(CCN[C@H]3CCN(Cc4ccccc4)C[C@H]3c3ccccc3)c2c1. The Kier molecular flexibility index (Phi) is 6.75. The highest BCUT2D eigenvalue weighted by molar-refractivity contribution is 5.84. The fourth-order valence-electron chi connectivity index (χ4n) is 5.17. The molecule has 4 heteroatoms. The van der Waals surface area contributed by atoms with Gasteiger partial charge in [0.1, 0.15) is 5.75 Å². The molecule has 1 aromatic heterocycles. The van der Waals surface area contributed by atoms with Gasteiger partial charge in [0, 0.05) is 48.7 Å². The Hall–Kier alpha value is -3.08. The largest absolute Gasteiger partial charge is 0.497 e. The standard InChI is InChI=1S/C29H33N3O/c1-33-25-12-13-28-26(18-25)24(19-31-28)14-16-30-29-15-17-32(20-22-8-4-2-5-9-22)21-27(29)23-10-6-3-7-11-23/h2-13,18-19,27,29-31H,14-17,20-21H2,1H3/t27-,29-/m0/s1. The van der Waals surface area contributed by atoms with Crippen LogP contribution in [0.5, 0.6) is 5.75 Å². The maximum Gasteiger partial charge on any atom is 0.119 e. The average molecular weight is 440 g/mol. The molecule has 0 aliphatic carbocycles. The number of nitrogens with one attached hydrogen (secondary N) is 2. The lowest BCUT2D eigenvalue weighted by atomic mass is 9.85. The molecule has 0 spiro atoms. The predicted molar refractivity (Wildman–Crippen MR) is 136 cm³/mol. The van der Waals surface area contributed by atoms with Gasteiger partial charge in [-0.2, -0.15) is 0 Å². The first kappa shape index (κ1) is 21.7. The maximum atomic E-state index is 5.43. The Morgan fingerprint density at radius 2 is 1.79 bits per heavy atom. The lowest BCUT2D eigenvalue weighted by Crippen LogP contribution is -2.48. The molecule has 0 amide bonds. The van der Waals surface area contributed by atoms with E-state index in [1.807, 2.05) is 6.07 Å². The van der Waals surface area contributed by atoms with Crippen LogP contribution < -0.4 is 10.1 Å². The molecule has 2 heterocycles. The number of piperidine rings is 1. The number of methoxy groups -OCH3 is 1. The lowest BCUT2D eigenvalue weighted by molar-refractivity contribution is 0.167. The zero-order valence-electron chi connectivity index (χ0n) is 19.3. The second kappa shape index (κ2) is 10.2. The monoisotopic (exact) mass is 439 g/mol. The van der Waals surface area contributed by atoms with Crippen molar-refractivity contribution >= 4 is 10.9 Å². The number of rotatable bonds is 8. The van der Waals surface area contributed by atoms with Gasteiger partial charge >= 0.3 is 0 Å². The van der Waals surface area contributed by atoms with Crippen LogP contribution in [-0.4, -0.2) is 42.7 Å². The summed E-state index contributed by atoms with van der Waals surface area (Å²) in [6, 6.07) is 28.6. The third-order valence-corrected chi connectivity index (χ3v) is 6.95. The fourth-order valence-corrected chi connectivity index (χ4v) is 5.17. The van der Waals surface area contributed by atoms with Crippen LogP contribution in [-0.2, 0) is 13.0 Å². The Balaban J connectivity index is 1.26. The van der Waals surface area contributed by atoms with E-state index in [9.17, 15) is 0 Å². The summed E-state index contributed by atoms with van der Waals surface area (Å²) in [6.45, 7) is 4.20. The molecule has 0 radical (unpaired) electrons. The second-order valence-electron chi connectivity index (χ2n) is 9.06. The van der Waals surface area contributed by atoms with Crippen molar-refractivity contribution in [3.05, 3.63) is 102 Å². The predicted octanol–water partition coefficient (Wildman–Crippen LogP) is 5.37. The number of ether oxygens (including phenoxy) is 1. The van der Waals surface area contributed by atoms with Gasteiger partial charge < -0.3 is 15.0 Å². The number of aromatic amines is 1. The number of aromatic nitrogens is 1. The summed E-state index contributed by atoms with van der Waals surface area (Å²) in [6.07, 6.45) is 4.30. The van der Waals surface area contributed by atoms with E-state index in [1.165, 1.54) is 27.6 Å². The number of likely N-dealkylation sites (tertiary alicyclic amines) is 1. The van der Waals surface area contributed by atoms with Crippen molar-refractivity contribution in [2.24, 2.45) is 0 Å². The van der Waals surface area contributed by atoms with Gasteiger partial charge in [-0.05, 0) is 54.3 Å². The molecule has 4 nitrogen and oxygen atoms in total. The van der Waals surface area contributed by atoms with Crippen LogP contribution in [0.2, 0.25) is 0 Å². The highest BCUT2D eigenvalue weighted by Gasteiger charge is 2.30. The molecule has 0 unspecified atom stereocenters. The second-order valence-corrected chi connectivity index (χ2v) is 9.06. The van der Waals surface area contributed by atoms with Gasteiger partial charge in [0.2, 0.25) is 0 Å². The maximum absolute atomic E-state index is 5.43. The average Bonchev–Trinajstić information content (AvgIpc) is 3.28. The first-order valence-corrected chi connectivity index (χ1v) is 12.0. The van der Waals surface area contributed by atoms with Crippen LogP contribution in [0, 0.1) is 0 Å². The number of H-pyrrole nitrogens is 1. The van der Waals surface area contributed by atoms with Crippen molar-refractivity contribution in [1.82, 2.24) is 15.2 Å².